The fraction of sp³-hybridized carbons (Fsp3) is 0.235. The largest absolute Gasteiger partial charge is 0.492 e. The summed E-state index contributed by atoms with van der Waals surface area (Å²) in [5, 5.41) is 3.24. The summed E-state index contributed by atoms with van der Waals surface area (Å²) in [6.07, 6.45) is 0. The van der Waals surface area contributed by atoms with E-state index in [2.05, 4.69) is 5.32 Å². The van der Waals surface area contributed by atoms with Gasteiger partial charge in [0.15, 0.2) is 0 Å². The number of halogens is 1. The molecule has 2 aromatic rings. The van der Waals surface area contributed by atoms with Crippen molar-refractivity contribution in [3.63, 3.8) is 0 Å². The van der Waals surface area contributed by atoms with Crippen LogP contribution in [0.2, 0.25) is 5.02 Å². The van der Waals surface area contributed by atoms with E-state index in [1.165, 1.54) is 19.2 Å². The number of nitrogens with one attached hydrogen (secondary N) is 1. The molecular formula is C17H19ClN2O4S. The van der Waals surface area contributed by atoms with E-state index in [-0.39, 0.29) is 24.6 Å². The first-order valence-corrected chi connectivity index (χ1v) is 9.38. The lowest BCUT2D eigenvalue weighted by Crippen LogP contribution is -2.39. The zero-order valence-electron chi connectivity index (χ0n) is 13.7. The Kier molecular flexibility index (Phi) is 6.81. The molecule has 134 valence electrons. The highest BCUT2D eigenvalue weighted by molar-refractivity contribution is 7.89. The Morgan fingerprint density at radius 3 is 2.40 bits per heavy atom. The fourth-order valence-corrected chi connectivity index (χ4v) is 3.28. The van der Waals surface area contributed by atoms with E-state index in [0.717, 1.165) is 4.31 Å². The van der Waals surface area contributed by atoms with Crippen LogP contribution in [0.25, 0.3) is 0 Å². The van der Waals surface area contributed by atoms with Crippen LogP contribution < -0.4 is 10.1 Å². The van der Waals surface area contributed by atoms with Gasteiger partial charge in [-0.3, -0.25) is 4.79 Å². The summed E-state index contributed by atoms with van der Waals surface area (Å²) in [7, 11) is -2.32. The molecule has 0 aliphatic heterocycles. The van der Waals surface area contributed by atoms with Crippen molar-refractivity contribution in [2.24, 2.45) is 0 Å². The summed E-state index contributed by atoms with van der Waals surface area (Å²) >= 11 is 5.78. The molecule has 0 saturated heterocycles. The van der Waals surface area contributed by atoms with Gasteiger partial charge in [-0.05, 0) is 36.4 Å². The molecule has 6 nitrogen and oxygen atoms in total. The highest BCUT2D eigenvalue weighted by atomic mass is 35.5. The lowest BCUT2D eigenvalue weighted by Gasteiger charge is -2.17. The minimum atomic E-state index is -3.68. The second kappa shape index (κ2) is 8.84. The summed E-state index contributed by atoms with van der Waals surface area (Å²) in [5.74, 6) is 0.240. The summed E-state index contributed by atoms with van der Waals surface area (Å²) in [4.78, 5) is 12.0. The maximum absolute atomic E-state index is 12.3. The second-order valence-electron chi connectivity index (χ2n) is 5.23. The molecule has 0 heterocycles. The van der Waals surface area contributed by atoms with Crippen molar-refractivity contribution in [2.45, 2.75) is 4.90 Å². The van der Waals surface area contributed by atoms with Crippen molar-refractivity contribution in [2.75, 3.05) is 26.7 Å². The number of ether oxygens (including phenoxy) is 1. The van der Waals surface area contributed by atoms with Crippen molar-refractivity contribution in [3.05, 3.63) is 59.6 Å². The molecule has 0 fully saturated rings. The van der Waals surface area contributed by atoms with Crippen LogP contribution in [0.3, 0.4) is 0 Å². The number of nitrogens with zero attached hydrogens (tertiary/aromatic N) is 1. The average Bonchev–Trinajstić information content (AvgIpc) is 2.61. The van der Waals surface area contributed by atoms with Crippen LogP contribution in [0, 0.1) is 0 Å². The predicted octanol–water partition coefficient (Wildman–Crippen LogP) is 2.16. The average molecular weight is 383 g/mol. The first-order valence-electron chi connectivity index (χ1n) is 7.56. The van der Waals surface area contributed by atoms with Crippen LogP contribution in [0.15, 0.2) is 59.5 Å². The second-order valence-corrected chi connectivity index (χ2v) is 7.71. The molecule has 0 bridgehead atoms. The van der Waals surface area contributed by atoms with Crippen molar-refractivity contribution < 1.29 is 17.9 Å². The van der Waals surface area contributed by atoms with E-state index in [1.54, 1.807) is 42.5 Å². The third kappa shape index (κ3) is 5.74. The number of benzene rings is 2. The van der Waals surface area contributed by atoms with Crippen LogP contribution in [-0.4, -0.2) is 45.4 Å². The smallest absolute Gasteiger partial charge is 0.243 e. The standard InChI is InChI=1S/C17H19ClN2O4S/c1-20(25(22,23)16-5-3-2-4-6-16)13-17(21)19-11-12-24-15-9-7-14(18)8-10-15/h2-10H,11-13H2,1H3,(H,19,21). The zero-order chi connectivity index (χ0) is 18.3. The number of carbonyl (C=O) groups is 1. The van der Waals surface area contributed by atoms with Gasteiger partial charge in [0, 0.05) is 12.1 Å². The monoisotopic (exact) mass is 382 g/mol. The molecule has 0 aromatic heterocycles. The maximum Gasteiger partial charge on any atom is 0.243 e. The zero-order valence-corrected chi connectivity index (χ0v) is 15.3. The molecule has 2 aromatic carbocycles. The van der Waals surface area contributed by atoms with E-state index in [9.17, 15) is 13.2 Å². The van der Waals surface area contributed by atoms with Gasteiger partial charge in [-0.2, -0.15) is 4.31 Å². The van der Waals surface area contributed by atoms with Crippen LogP contribution in [0.5, 0.6) is 5.75 Å². The van der Waals surface area contributed by atoms with Crippen LogP contribution >= 0.6 is 11.6 Å². The molecule has 0 atom stereocenters. The van der Waals surface area contributed by atoms with E-state index >= 15 is 0 Å². The van der Waals surface area contributed by atoms with Crippen molar-refractivity contribution in [3.8, 4) is 5.75 Å². The van der Waals surface area contributed by atoms with Crippen molar-refractivity contribution >= 4 is 27.5 Å². The van der Waals surface area contributed by atoms with Crippen molar-refractivity contribution in [1.29, 1.82) is 0 Å². The quantitative estimate of drug-likeness (QED) is 0.710. The first-order chi connectivity index (χ1) is 11.9. The predicted molar refractivity (Wildman–Crippen MR) is 96.2 cm³/mol. The number of hydrogen-bond acceptors (Lipinski definition) is 4. The van der Waals surface area contributed by atoms with Gasteiger partial charge in [0.1, 0.15) is 12.4 Å². The normalized spacial score (nSPS) is 11.3. The summed E-state index contributed by atoms with van der Waals surface area (Å²) < 4.78 is 31.1. The Labute approximate surface area is 152 Å². The number of likely N-dealkylation sites (N-methyl/N-ethyl adjacent to an activating group) is 1. The molecular weight excluding hydrogens is 364 g/mol. The van der Waals surface area contributed by atoms with Crippen LogP contribution in [-0.2, 0) is 14.8 Å². The Hall–Kier alpha value is -2.09. The van der Waals surface area contributed by atoms with Gasteiger partial charge in [-0.1, -0.05) is 29.8 Å². The SMILES string of the molecule is CN(CC(=O)NCCOc1ccc(Cl)cc1)S(=O)(=O)c1ccccc1. The Morgan fingerprint density at radius 2 is 1.76 bits per heavy atom. The minimum absolute atomic E-state index is 0.149. The molecule has 8 heteroatoms. The number of rotatable bonds is 8. The van der Waals surface area contributed by atoms with Gasteiger partial charge >= 0.3 is 0 Å². The highest BCUT2D eigenvalue weighted by Crippen LogP contribution is 2.15. The van der Waals surface area contributed by atoms with Gasteiger partial charge in [-0.15, -0.1) is 0 Å². The molecule has 0 saturated carbocycles. The molecule has 25 heavy (non-hydrogen) atoms. The molecule has 0 radical (unpaired) electrons. The van der Waals surface area contributed by atoms with Crippen molar-refractivity contribution in [1.82, 2.24) is 9.62 Å². The van der Waals surface area contributed by atoms with E-state index in [4.69, 9.17) is 16.3 Å². The van der Waals surface area contributed by atoms with Gasteiger partial charge < -0.3 is 10.1 Å². The molecule has 1 amide bonds. The minimum Gasteiger partial charge on any atom is -0.492 e. The molecule has 0 aliphatic carbocycles. The van der Waals surface area contributed by atoms with E-state index in [1.807, 2.05) is 0 Å². The highest BCUT2D eigenvalue weighted by Gasteiger charge is 2.22. The Morgan fingerprint density at radius 1 is 1.12 bits per heavy atom. The number of carbonyl (C=O) groups excluding carboxylic acids is 1. The van der Waals surface area contributed by atoms with E-state index in [0.29, 0.717) is 10.8 Å². The lowest BCUT2D eigenvalue weighted by atomic mass is 10.3. The number of amides is 1. The molecule has 0 unspecified atom stereocenters. The number of hydrogen-bond donors (Lipinski definition) is 1. The maximum atomic E-state index is 12.3. The summed E-state index contributed by atoms with van der Waals surface area (Å²) in [6, 6.07) is 14.8. The molecule has 0 spiro atoms. The molecule has 2 rings (SSSR count). The Balaban J connectivity index is 1.77. The van der Waals surface area contributed by atoms with Gasteiger partial charge in [0.2, 0.25) is 15.9 Å². The molecule has 0 aliphatic rings. The third-order valence-electron chi connectivity index (χ3n) is 3.32. The summed E-state index contributed by atoms with van der Waals surface area (Å²) in [6.45, 7) is 0.265. The first kappa shape index (κ1) is 19.2. The third-order valence-corrected chi connectivity index (χ3v) is 5.39. The topological polar surface area (TPSA) is 75.7 Å². The number of sulfonamides is 1. The molecule has 1 N–H and O–H groups in total. The fourth-order valence-electron chi connectivity index (χ4n) is 2.01. The van der Waals surface area contributed by atoms with Gasteiger partial charge in [0.05, 0.1) is 18.0 Å². The van der Waals surface area contributed by atoms with Crippen LogP contribution in [0.4, 0.5) is 0 Å². The lowest BCUT2D eigenvalue weighted by molar-refractivity contribution is -0.121. The Bertz CT molecular complexity index is 795. The van der Waals surface area contributed by atoms with Gasteiger partial charge in [0.25, 0.3) is 0 Å². The van der Waals surface area contributed by atoms with E-state index < -0.39 is 15.9 Å². The van der Waals surface area contributed by atoms with Crippen LogP contribution in [0.1, 0.15) is 0 Å². The van der Waals surface area contributed by atoms with Gasteiger partial charge in [-0.25, -0.2) is 8.42 Å². The summed E-state index contributed by atoms with van der Waals surface area (Å²) in [5.41, 5.74) is 0.